The number of amides is 2. The number of hydrogen-bond donors (Lipinski definition) is 1. The van der Waals surface area contributed by atoms with E-state index in [1.807, 2.05) is 68.4 Å². The predicted octanol–water partition coefficient (Wildman–Crippen LogP) is 5.93. The van der Waals surface area contributed by atoms with E-state index < -0.39 is 28.5 Å². The van der Waals surface area contributed by atoms with Crippen molar-refractivity contribution >= 4 is 55.8 Å². The highest BCUT2D eigenvalue weighted by atomic mass is 35.5. The molecule has 4 aromatic carbocycles. The highest BCUT2D eigenvalue weighted by Crippen LogP contribution is 2.25. The average molecular weight is 627 g/mol. The summed E-state index contributed by atoms with van der Waals surface area (Å²) >= 11 is 12.6. The number of halogens is 2. The van der Waals surface area contributed by atoms with Crippen LogP contribution >= 0.6 is 23.2 Å². The van der Waals surface area contributed by atoms with Crippen molar-refractivity contribution < 1.29 is 18.0 Å². The first kappa shape index (κ1) is 31.5. The fourth-order valence-electron chi connectivity index (χ4n) is 4.64. The van der Waals surface area contributed by atoms with Gasteiger partial charge in [0, 0.05) is 36.1 Å². The molecule has 0 bridgehead atoms. The van der Waals surface area contributed by atoms with Crippen molar-refractivity contribution in [1.29, 1.82) is 0 Å². The second kappa shape index (κ2) is 13.7. The Balaban J connectivity index is 1.69. The second-order valence-electron chi connectivity index (χ2n) is 10.4. The number of likely N-dealkylation sites (N-methyl/N-ethyl adjacent to an activating group) is 1. The third-order valence-electron chi connectivity index (χ3n) is 6.84. The molecule has 0 saturated heterocycles. The molecule has 0 aliphatic heterocycles. The van der Waals surface area contributed by atoms with Gasteiger partial charge in [0.1, 0.15) is 6.04 Å². The molecule has 42 heavy (non-hydrogen) atoms. The molecule has 0 aliphatic carbocycles. The Morgan fingerprint density at radius 1 is 0.857 bits per heavy atom. The van der Waals surface area contributed by atoms with E-state index in [-0.39, 0.29) is 29.8 Å². The van der Waals surface area contributed by atoms with E-state index in [2.05, 4.69) is 5.32 Å². The van der Waals surface area contributed by atoms with E-state index in [0.717, 1.165) is 20.6 Å². The summed E-state index contributed by atoms with van der Waals surface area (Å²) in [5.74, 6) is -0.903. The van der Waals surface area contributed by atoms with Crippen LogP contribution in [0.1, 0.15) is 25.0 Å². The zero-order chi connectivity index (χ0) is 30.4. The lowest BCUT2D eigenvalue weighted by molar-refractivity contribution is -0.141. The van der Waals surface area contributed by atoms with Crippen LogP contribution in [0.2, 0.25) is 10.0 Å². The minimum absolute atomic E-state index is 0.0261. The Labute approximate surface area is 257 Å². The van der Waals surface area contributed by atoms with Gasteiger partial charge in [-0.3, -0.25) is 9.59 Å². The van der Waals surface area contributed by atoms with Crippen molar-refractivity contribution in [3.8, 4) is 0 Å². The Kier molecular flexibility index (Phi) is 10.3. The summed E-state index contributed by atoms with van der Waals surface area (Å²) in [6.45, 7) is 3.16. The SMILES string of the molecule is CC(C)NC(=O)[C@@H](Cc1ccccc1)N(Cc1ccc(Cl)cc1Cl)C(=O)CN(C)S(=O)(=O)c1ccc2ccccc2c1. The Hall–Kier alpha value is -3.43. The molecule has 4 rings (SSSR count). The van der Waals surface area contributed by atoms with Crippen molar-refractivity contribution in [2.24, 2.45) is 0 Å². The summed E-state index contributed by atoms with van der Waals surface area (Å²) in [5.41, 5.74) is 1.42. The summed E-state index contributed by atoms with van der Waals surface area (Å²) in [5, 5.41) is 5.35. The number of carbonyl (C=O) groups is 2. The Morgan fingerprint density at radius 2 is 1.52 bits per heavy atom. The lowest BCUT2D eigenvalue weighted by Crippen LogP contribution is -2.54. The highest BCUT2D eigenvalue weighted by Gasteiger charge is 2.33. The number of fused-ring (bicyclic) bond motifs is 1. The van der Waals surface area contributed by atoms with Gasteiger partial charge in [0.25, 0.3) is 0 Å². The van der Waals surface area contributed by atoms with Crippen molar-refractivity contribution in [1.82, 2.24) is 14.5 Å². The topological polar surface area (TPSA) is 86.8 Å². The fourth-order valence-corrected chi connectivity index (χ4v) is 6.27. The van der Waals surface area contributed by atoms with Gasteiger partial charge in [-0.1, -0.05) is 89.9 Å². The van der Waals surface area contributed by atoms with Gasteiger partial charge in [-0.2, -0.15) is 4.31 Å². The molecule has 0 spiro atoms. The third-order valence-corrected chi connectivity index (χ3v) is 9.23. The van der Waals surface area contributed by atoms with Crippen LogP contribution in [0.15, 0.2) is 95.9 Å². The number of hydrogen-bond acceptors (Lipinski definition) is 4. The molecule has 4 aromatic rings. The van der Waals surface area contributed by atoms with Gasteiger partial charge in [0.2, 0.25) is 21.8 Å². The Morgan fingerprint density at radius 3 is 2.19 bits per heavy atom. The zero-order valence-corrected chi connectivity index (χ0v) is 26.0. The van der Waals surface area contributed by atoms with E-state index in [4.69, 9.17) is 23.2 Å². The first-order chi connectivity index (χ1) is 20.0. The summed E-state index contributed by atoms with van der Waals surface area (Å²) in [4.78, 5) is 29.1. The van der Waals surface area contributed by atoms with E-state index >= 15 is 0 Å². The van der Waals surface area contributed by atoms with Gasteiger partial charge >= 0.3 is 0 Å². The van der Waals surface area contributed by atoms with Crippen molar-refractivity contribution in [2.45, 2.75) is 43.8 Å². The maximum Gasteiger partial charge on any atom is 0.243 e. The predicted molar refractivity (Wildman–Crippen MR) is 168 cm³/mol. The molecule has 0 unspecified atom stereocenters. The smallest absolute Gasteiger partial charge is 0.243 e. The minimum atomic E-state index is -4.03. The van der Waals surface area contributed by atoms with Gasteiger partial charge in [0.05, 0.1) is 11.4 Å². The standard InChI is InChI=1S/C32H33Cl2N3O4S/c1-22(2)35-32(39)30(17-23-9-5-4-6-10-23)37(20-26-13-15-27(33)19-29(26)34)31(38)21-36(3)42(40,41)28-16-14-24-11-7-8-12-25(24)18-28/h4-16,18-19,22,30H,17,20-21H2,1-3H3,(H,35,39)/t30-/m1/s1. The number of nitrogens with one attached hydrogen (secondary N) is 1. The van der Waals surface area contributed by atoms with Gasteiger partial charge in [-0.15, -0.1) is 0 Å². The summed E-state index contributed by atoms with van der Waals surface area (Å²) in [7, 11) is -2.67. The first-order valence-corrected chi connectivity index (χ1v) is 15.7. The molecule has 0 saturated carbocycles. The monoisotopic (exact) mass is 625 g/mol. The van der Waals surface area contributed by atoms with Crippen LogP contribution in [0.4, 0.5) is 0 Å². The van der Waals surface area contributed by atoms with Crippen LogP contribution in [0.25, 0.3) is 10.8 Å². The van der Waals surface area contributed by atoms with Crippen LogP contribution in [0.5, 0.6) is 0 Å². The molecule has 0 aromatic heterocycles. The van der Waals surface area contributed by atoms with Crippen LogP contribution in [0.3, 0.4) is 0 Å². The number of sulfonamides is 1. The summed E-state index contributed by atoms with van der Waals surface area (Å²) in [6, 6.07) is 25.4. The highest BCUT2D eigenvalue weighted by molar-refractivity contribution is 7.89. The molecule has 0 heterocycles. The van der Waals surface area contributed by atoms with E-state index in [1.54, 1.807) is 30.3 Å². The zero-order valence-electron chi connectivity index (χ0n) is 23.6. The third kappa shape index (κ3) is 7.69. The number of carbonyl (C=O) groups excluding carboxylic acids is 2. The van der Waals surface area contributed by atoms with Crippen LogP contribution in [-0.2, 0) is 32.6 Å². The van der Waals surface area contributed by atoms with Crippen molar-refractivity contribution in [2.75, 3.05) is 13.6 Å². The number of benzene rings is 4. The van der Waals surface area contributed by atoms with Crippen molar-refractivity contribution in [3.63, 3.8) is 0 Å². The summed E-state index contributed by atoms with van der Waals surface area (Å²) in [6.07, 6.45) is 0.220. The molecule has 1 atom stereocenters. The largest absolute Gasteiger partial charge is 0.352 e. The molecule has 10 heteroatoms. The molecule has 0 fully saturated rings. The lowest BCUT2D eigenvalue weighted by Gasteiger charge is -2.33. The van der Waals surface area contributed by atoms with Gasteiger partial charge in [0.15, 0.2) is 0 Å². The van der Waals surface area contributed by atoms with Gasteiger partial charge < -0.3 is 10.2 Å². The van der Waals surface area contributed by atoms with Crippen LogP contribution in [0, 0.1) is 0 Å². The average Bonchev–Trinajstić information content (AvgIpc) is 2.95. The second-order valence-corrected chi connectivity index (χ2v) is 13.3. The number of nitrogens with zero attached hydrogens (tertiary/aromatic N) is 2. The quantitative estimate of drug-likeness (QED) is 0.224. The van der Waals surface area contributed by atoms with Gasteiger partial charge in [-0.05, 0) is 60.0 Å². The van der Waals surface area contributed by atoms with Crippen molar-refractivity contribution in [3.05, 3.63) is 112 Å². The first-order valence-electron chi connectivity index (χ1n) is 13.5. The molecule has 7 nitrogen and oxygen atoms in total. The van der Waals surface area contributed by atoms with E-state index in [0.29, 0.717) is 15.6 Å². The molecule has 1 N–H and O–H groups in total. The fraction of sp³-hybridized carbons (Fsp3) is 0.250. The Bertz CT molecular complexity index is 1680. The molecule has 220 valence electrons. The molecule has 0 radical (unpaired) electrons. The number of rotatable bonds is 11. The van der Waals surface area contributed by atoms with Crippen LogP contribution < -0.4 is 5.32 Å². The normalized spacial score (nSPS) is 12.5. The van der Waals surface area contributed by atoms with E-state index in [9.17, 15) is 18.0 Å². The summed E-state index contributed by atoms with van der Waals surface area (Å²) < 4.78 is 28.1. The molecule has 0 aliphatic rings. The molecule has 2 amide bonds. The maximum atomic E-state index is 14.0. The van der Waals surface area contributed by atoms with E-state index in [1.165, 1.54) is 18.0 Å². The van der Waals surface area contributed by atoms with Crippen LogP contribution in [-0.4, -0.2) is 55.1 Å². The lowest BCUT2D eigenvalue weighted by atomic mass is 10.0. The molecular weight excluding hydrogens is 593 g/mol. The van der Waals surface area contributed by atoms with Gasteiger partial charge in [-0.25, -0.2) is 8.42 Å². The molecular formula is C32H33Cl2N3O4S. The maximum absolute atomic E-state index is 14.0. The minimum Gasteiger partial charge on any atom is -0.352 e.